The van der Waals surface area contributed by atoms with Gasteiger partial charge in [0.1, 0.15) is 11.6 Å². The Kier molecular flexibility index (Phi) is 4.66. The molecule has 0 amide bonds. The minimum absolute atomic E-state index is 0.0459. The lowest BCUT2D eigenvalue weighted by molar-refractivity contribution is 0.470. The van der Waals surface area contributed by atoms with E-state index in [1.54, 1.807) is 19.1 Å². The van der Waals surface area contributed by atoms with Gasteiger partial charge < -0.3 is 5.32 Å². The number of halogens is 2. The van der Waals surface area contributed by atoms with Crippen molar-refractivity contribution in [2.75, 3.05) is 0 Å². The molecule has 2 rings (SSSR count). The molecule has 0 saturated carbocycles. The molecular weight excluding hydrogens is 270 g/mol. The van der Waals surface area contributed by atoms with Gasteiger partial charge in [-0.3, -0.25) is 0 Å². The zero-order valence-electron chi connectivity index (χ0n) is 11.9. The van der Waals surface area contributed by atoms with Crippen LogP contribution < -0.4 is 5.32 Å². The highest BCUT2D eigenvalue weighted by atomic mass is 19.1. The number of nitrogens with zero attached hydrogens (tertiary/aromatic N) is 1. The smallest absolute Gasteiger partial charge is 0.128 e. The van der Waals surface area contributed by atoms with Crippen LogP contribution in [0.5, 0.6) is 0 Å². The number of hydrogen-bond acceptors (Lipinski definition) is 2. The number of hydrogen-bond donors (Lipinski definition) is 1. The highest BCUT2D eigenvalue weighted by molar-refractivity contribution is 5.33. The fourth-order valence-corrected chi connectivity index (χ4v) is 2.25. The molecule has 2 aromatic carbocycles. The van der Waals surface area contributed by atoms with E-state index >= 15 is 0 Å². The molecule has 0 aliphatic rings. The van der Waals surface area contributed by atoms with Gasteiger partial charge in [-0.1, -0.05) is 12.1 Å². The maximum atomic E-state index is 13.7. The summed E-state index contributed by atoms with van der Waals surface area (Å²) in [4.78, 5) is 0. The molecule has 0 radical (unpaired) electrons. The third kappa shape index (κ3) is 3.65. The highest BCUT2D eigenvalue weighted by Crippen LogP contribution is 2.22. The van der Waals surface area contributed by atoms with Gasteiger partial charge in [0, 0.05) is 17.6 Å². The molecule has 4 heteroatoms. The molecule has 0 aliphatic heterocycles. The molecule has 2 unspecified atom stereocenters. The van der Waals surface area contributed by atoms with Crippen molar-refractivity contribution < 1.29 is 8.78 Å². The van der Waals surface area contributed by atoms with Crippen molar-refractivity contribution in [3.05, 3.63) is 70.8 Å². The summed E-state index contributed by atoms with van der Waals surface area (Å²) in [6.45, 7) is 3.73. The van der Waals surface area contributed by atoms with Crippen LogP contribution in [0.15, 0.2) is 42.5 Å². The Bertz CT molecular complexity index is 659. The van der Waals surface area contributed by atoms with Gasteiger partial charge in [0.25, 0.3) is 0 Å². The lowest BCUT2D eigenvalue weighted by Gasteiger charge is -2.21. The third-order valence-electron chi connectivity index (χ3n) is 3.46. The monoisotopic (exact) mass is 286 g/mol. The second-order valence-electron chi connectivity index (χ2n) is 5.01. The lowest BCUT2D eigenvalue weighted by Crippen LogP contribution is -2.23. The first-order chi connectivity index (χ1) is 10.0. The first kappa shape index (κ1) is 15.1. The molecular formula is C17H16F2N2. The maximum absolute atomic E-state index is 13.7. The Balaban J connectivity index is 2.12. The SMILES string of the molecule is CC(NC(C)c1cc(F)ccc1F)c1ccc(C#N)cc1. The standard InChI is InChI=1S/C17H16F2N2/c1-11(14-5-3-13(10-20)4-6-14)21-12(2)16-9-15(18)7-8-17(16)19/h3-9,11-12,21H,1-2H3. The van der Waals surface area contributed by atoms with Crippen molar-refractivity contribution in [1.82, 2.24) is 5.32 Å². The van der Waals surface area contributed by atoms with Gasteiger partial charge in [0.05, 0.1) is 11.6 Å². The minimum atomic E-state index is -0.453. The van der Waals surface area contributed by atoms with E-state index in [4.69, 9.17) is 5.26 Å². The Morgan fingerprint density at radius 2 is 1.67 bits per heavy atom. The second-order valence-corrected chi connectivity index (χ2v) is 5.01. The van der Waals surface area contributed by atoms with Gasteiger partial charge in [0.15, 0.2) is 0 Å². The zero-order chi connectivity index (χ0) is 15.4. The van der Waals surface area contributed by atoms with Crippen molar-refractivity contribution in [3.63, 3.8) is 0 Å². The van der Waals surface area contributed by atoms with E-state index in [0.29, 0.717) is 11.1 Å². The number of benzene rings is 2. The van der Waals surface area contributed by atoms with Crippen LogP contribution in [0.2, 0.25) is 0 Å². The lowest BCUT2D eigenvalue weighted by atomic mass is 10.0. The molecule has 108 valence electrons. The fourth-order valence-electron chi connectivity index (χ4n) is 2.25. The summed E-state index contributed by atoms with van der Waals surface area (Å²) in [5.74, 6) is -0.880. The largest absolute Gasteiger partial charge is 0.304 e. The van der Waals surface area contributed by atoms with E-state index < -0.39 is 11.6 Å². The van der Waals surface area contributed by atoms with Gasteiger partial charge in [-0.05, 0) is 49.7 Å². The predicted octanol–water partition coefficient (Wildman–Crippen LogP) is 4.25. The Labute approximate surface area is 123 Å². The average molecular weight is 286 g/mol. The molecule has 0 aromatic heterocycles. The number of nitriles is 1. The normalized spacial score (nSPS) is 13.5. The van der Waals surface area contributed by atoms with Crippen LogP contribution in [0.3, 0.4) is 0 Å². The van der Waals surface area contributed by atoms with E-state index in [2.05, 4.69) is 11.4 Å². The van der Waals surface area contributed by atoms with E-state index in [-0.39, 0.29) is 12.1 Å². The van der Waals surface area contributed by atoms with Gasteiger partial charge in [-0.15, -0.1) is 0 Å². The minimum Gasteiger partial charge on any atom is -0.304 e. The first-order valence-electron chi connectivity index (χ1n) is 6.72. The Hall–Kier alpha value is -2.25. The summed E-state index contributed by atoms with van der Waals surface area (Å²) in [5.41, 5.74) is 1.88. The van der Waals surface area contributed by atoms with Gasteiger partial charge >= 0.3 is 0 Å². The van der Waals surface area contributed by atoms with Gasteiger partial charge in [0.2, 0.25) is 0 Å². The van der Waals surface area contributed by atoms with Crippen LogP contribution >= 0.6 is 0 Å². The molecule has 21 heavy (non-hydrogen) atoms. The quantitative estimate of drug-likeness (QED) is 0.912. The van der Waals surface area contributed by atoms with Crippen molar-refractivity contribution in [1.29, 1.82) is 5.26 Å². The van der Waals surface area contributed by atoms with Crippen molar-refractivity contribution in [3.8, 4) is 6.07 Å². The molecule has 0 aliphatic carbocycles. The molecule has 0 spiro atoms. The molecule has 2 nitrogen and oxygen atoms in total. The molecule has 0 saturated heterocycles. The highest BCUT2D eigenvalue weighted by Gasteiger charge is 2.15. The van der Waals surface area contributed by atoms with E-state index in [1.165, 1.54) is 6.07 Å². The summed E-state index contributed by atoms with van der Waals surface area (Å²) >= 11 is 0. The molecule has 0 heterocycles. The Morgan fingerprint density at radius 3 is 2.29 bits per heavy atom. The fraction of sp³-hybridized carbons (Fsp3) is 0.235. The van der Waals surface area contributed by atoms with Gasteiger partial charge in [-0.25, -0.2) is 8.78 Å². The molecule has 2 atom stereocenters. The van der Waals surface area contributed by atoms with Crippen LogP contribution in [-0.2, 0) is 0 Å². The summed E-state index contributed by atoms with van der Waals surface area (Å²) in [7, 11) is 0. The van der Waals surface area contributed by atoms with E-state index in [0.717, 1.165) is 17.7 Å². The number of nitrogens with one attached hydrogen (secondary N) is 1. The molecule has 1 N–H and O–H groups in total. The van der Waals surface area contributed by atoms with Crippen LogP contribution in [-0.4, -0.2) is 0 Å². The van der Waals surface area contributed by atoms with E-state index in [1.807, 2.05) is 19.1 Å². The van der Waals surface area contributed by atoms with Crippen molar-refractivity contribution >= 4 is 0 Å². The van der Waals surface area contributed by atoms with Gasteiger partial charge in [-0.2, -0.15) is 5.26 Å². The van der Waals surface area contributed by atoms with Crippen molar-refractivity contribution in [2.24, 2.45) is 0 Å². The summed E-state index contributed by atoms with van der Waals surface area (Å²) in [6.07, 6.45) is 0. The second kappa shape index (κ2) is 6.47. The van der Waals surface area contributed by atoms with Crippen LogP contribution in [0.4, 0.5) is 8.78 Å². The maximum Gasteiger partial charge on any atom is 0.128 e. The van der Waals surface area contributed by atoms with Crippen molar-refractivity contribution in [2.45, 2.75) is 25.9 Å². The van der Waals surface area contributed by atoms with Crippen LogP contribution in [0, 0.1) is 23.0 Å². The predicted molar refractivity (Wildman–Crippen MR) is 77.5 cm³/mol. The number of rotatable bonds is 4. The van der Waals surface area contributed by atoms with Crippen LogP contribution in [0.25, 0.3) is 0 Å². The van der Waals surface area contributed by atoms with E-state index in [9.17, 15) is 8.78 Å². The molecule has 2 aromatic rings. The molecule has 0 bridgehead atoms. The van der Waals surface area contributed by atoms with Crippen LogP contribution in [0.1, 0.15) is 42.6 Å². The average Bonchev–Trinajstić information content (AvgIpc) is 2.49. The Morgan fingerprint density at radius 1 is 1.00 bits per heavy atom. The third-order valence-corrected chi connectivity index (χ3v) is 3.46. The topological polar surface area (TPSA) is 35.8 Å². The summed E-state index contributed by atoms with van der Waals surface area (Å²) in [5, 5.41) is 12.0. The first-order valence-corrected chi connectivity index (χ1v) is 6.72. The summed E-state index contributed by atoms with van der Waals surface area (Å²) < 4.78 is 27.0. The summed E-state index contributed by atoms with van der Waals surface area (Å²) in [6, 6.07) is 12.3. The molecule has 0 fully saturated rings. The zero-order valence-corrected chi connectivity index (χ0v) is 11.9.